The molecule has 0 radical (unpaired) electrons. The number of hydrogen-bond donors (Lipinski definition) is 1. The predicted octanol–water partition coefficient (Wildman–Crippen LogP) is 3.43. The molecule has 1 aliphatic rings. The normalized spacial score (nSPS) is 17.0. The first-order valence-electron chi connectivity index (χ1n) is 8.17. The summed E-state index contributed by atoms with van der Waals surface area (Å²) >= 11 is 0. The van der Waals surface area contributed by atoms with Crippen molar-refractivity contribution in [1.82, 2.24) is 20.1 Å². The number of fused-ring (bicyclic) bond motifs is 1. The van der Waals surface area contributed by atoms with Crippen molar-refractivity contribution in [2.45, 2.75) is 31.8 Å². The van der Waals surface area contributed by atoms with Gasteiger partial charge in [-0.05, 0) is 42.5 Å². The molecule has 1 heterocycles. The average molecular weight is 304 g/mol. The monoisotopic (exact) mass is 304 g/mol. The van der Waals surface area contributed by atoms with Gasteiger partial charge in [0.1, 0.15) is 6.33 Å². The summed E-state index contributed by atoms with van der Waals surface area (Å²) in [5.74, 6) is 0.944. The Morgan fingerprint density at radius 1 is 1.04 bits per heavy atom. The van der Waals surface area contributed by atoms with Crippen LogP contribution in [0.3, 0.4) is 0 Å². The van der Waals surface area contributed by atoms with E-state index in [0.717, 1.165) is 11.5 Å². The first-order chi connectivity index (χ1) is 11.4. The third-order valence-electron chi connectivity index (χ3n) is 4.53. The summed E-state index contributed by atoms with van der Waals surface area (Å²) in [6.07, 6.45) is 5.38. The highest BCUT2D eigenvalue weighted by Crippen LogP contribution is 2.29. The summed E-state index contributed by atoms with van der Waals surface area (Å²) < 4.78 is 2.04. The number of rotatable bonds is 4. The summed E-state index contributed by atoms with van der Waals surface area (Å²) in [5.41, 5.74) is 4.00. The molecule has 0 saturated heterocycles. The first-order valence-corrected chi connectivity index (χ1v) is 8.17. The molecule has 1 unspecified atom stereocenters. The van der Waals surface area contributed by atoms with E-state index in [2.05, 4.69) is 51.9 Å². The van der Waals surface area contributed by atoms with Gasteiger partial charge in [0.05, 0.1) is 6.54 Å². The standard InChI is InChI=1S/C19H20N4/c1-2-9-16(10-3-1)23-14-21-22-19(23)13-20-18-12-6-8-15-7-4-5-11-17(15)18/h1-5,7,9-11,14,18,20H,6,8,12-13H2. The van der Waals surface area contributed by atoms with Crippen LogP contribution in [0.2, 0.25) is 0 Å². The molecule has 1 N–H and O–H groups in total. The molecule has 4 heteroatoms. The van der Waals surface area contributed by atoms with Crippen LogP contribution in [0.25, 0.3) is 5.69 Å². The molecule has 0 aliphatic heterocycles. The van der Waals surface area contributed by atoms with Gasteiger partial charge in [-0.3, -0.25) is 4.57 Å². The Morgan fingerprint density at radius 2 is 1.87 bits per heavy atom. The second-order valence-electron chi connectivity index (χ2n) is 5.98. The van der Waals surface area contributed by atoms with Gasteiger partial charge in [0.25, 0.3) is 0 Å². The number of aromatic nitrogens is 3. The van der Waals surface area contributed by atoms with E-state index >= 15 is 0 Å². The Kier molecular flexibility index (Phi) is 3.90. The van der Waals surface area contributed by atoms with E-state index in [1.54, 1.807) is 6.33 Å². The third-order valence-corrected chi connectivity index (χ3v) is 4.53. The maximum atomic E-state index is 4.28. The highest BCUT2D eigenvalue weighted by atomic mass is 15.3. The minimum absolute atomic E-state index is 0.404. The molecule has 1 aromatic heterocycles. The van der Waals surface area contributed by atoms with E-state index < -0.39 is 0 Å². The van der Waals surface area contributed by atoms with Gasteiger partial charge in [-0.25, -0.2) is 0 Å². The largest absolute Gasteiger partial charge is 0.303 e. The second kappa shape index (κ2) is 6.34. The van der Waals surface area contributed by atoms with E-state index in [1.165, 1.54) is 30.4 Å². The molecular formula is C19H20N4. The molecule has 0 fully saturated rings. The lowest BCUT2D eigenvalue weighted by atomic mass is 9.88. The van der Waals surface area contributed by atoms with Crippen LogP contribution < -0.4 is 5.32 Å². The fraction of sp³-hybridized carbons (Fsp3) is 0.263. The fourth-order valence-corrected chi connectivity index (χ4v) is 3.36. The molecule has 3 aromatic rings. The molecule has 0 saturated carbocycles. The fourth-order valence-electron chi connectivity index (χ4n) is 3.36. The van der Waals surface area contributed by atoms with E-state index in [1.807, 2.05) is 22.8 Å². The lowest BCUT2D eigenvalue weighted by molar-refractivity contribution is 0.451. The molecule has 23 heavy (non-hydrogen) atoms. The maximum Gasteiger partial charge on any atom is 0.151 e. The zero-order chi connectivity index (χ0) is 15.5. The predicted molar refractivity (Wildman–Crippen MR) is 90.3 cm³/mol. The number of nitrogens with one attached hydrogen (secondary N) is 1. The van der Waals surface area contributed by atoms with Crippen LogP contribution in [0, 0.1) is 0 Å². The van der Waals surface area contributed by atoms with Crippen LogP contribution in [-0.2, 0) is 13.0 Å². The first kappa shape index (κ1) is 14.2. The molecule has 0 bridgehead atoms. The van der Waals surface area contributed by atoms with Crippen molar-refractivity contribution in [3.05, 3.63) is 77.9 Å². The van der Waals surface area contributed by atoms with Crippen LogP contribution in [0.4, 0.5) is 0 Å². The van der Waals surface area contributed by atoms with Crippen LogP contribution in [0.5, 0.6) is 0 Å². The second-order valence-corrected chi connectivity index (χ2v) is 5.98. The van der Waals surface area contributed by atoms with Gasteiger partial charge < -0.3 is 5.32 Å². The Balaban J connectivity index is 1.52. The van der Waals surface area contributed by atoms with Crippen molar-refractivity contribution < 1.29 is 0 Å². The number of aryl methyl sites for hydroxylation is 1. The summed E-state index contributed by atoms with van der Waals surface area (Å²) in [4.78, 5) is 0. The molecule has 2 aromatic carbocycles. The van der Waals surface area contributed by atoms with E-state index in [4.69, 9.17) is 0 Å². The van der Waals surface area contributed by atoms with Gasteiger partial charge in [0, 0.05) is 11.7 Å². The van der Waals surface area contributed by atoms with Gasteiger partial charge >= 0.3 is 0 Å². The van der Waals surface area contributed by atoms with Crippen LogP contribution in [0.15, 0.2) is 60.9 Å². The molecule has 1 aliphatic carbocycles. The lowest BCUT2D eigenvalue weighted by Crippen LogP contribution is -2.26. The number of hydrogen-bond acceptors (Lipinski definition) is 3. The topological polar surface area (TPSA) is 42.7 Å². The summed E-state index contributed by atoms with van der Waals surface area (Å²) in [6, 6.07) is 19.4. The van der Waals surface area contributed by atoms with E-state index in [9.17, 15) is 0 Å². The zero-order valence-corrected chi connectivity index (χ0v) is 13.0. The van der Waals surface area contributed by atoms with Crippen molar-refractivity contribution in [2.75, 3.05) is 0 Å². The lowest BCUT2D eigenvalue weighted by Gasteiger charge is -2.26. The average Bonchev–Trinajstić information content (AvgIpc) is 3.09. The maximum absolute atomic E-state index is 4.28. The van der Waals surface area contributed by atoms with Gasteiger partial charge in [-0.2, -0.15) is 0 Å². The molecule has 0 amide bonds. The Morgan fingerprint density at radius 3 is 2.78 bits per heavy atom. The van der Waals surface area contributed by atoms with Gasteiger partial charge in [-0.15, -0.1) is 10.2 Å². The quantitative estimate of drug-likeness (QED) is 0.803. The molecule has 0 spiro atoms. The summed E-state index contributed by atoms with van der Waals surface area (Å²) in [5, 5.41) is 12.0. The molecule has 1 atom stereocenters. The number of benzene rings is 2. The van der Waals surface area contributed by atoms with Gasteiger partial charge in [0.2, 0.25) is 0 Å². The van der Waals surface area contributed by atoms with E-state index in [0.29, 0.717) is 12.6 Å². The van der Waals surface area contributed by atoms with Crippen molar-refractivity contribution in [2.24, 2.45) is 0 Å². The van der Waals surface area contributed by atoms with Crippen LogP contribution in [-0.4, -0.2) is 14.8 Å². The number of para-hydroxylation sites is 1. The van der Waals surface area contributed by atoms with Crippen LogP contribution >= 0.6 is 0 Å². The molecule has 116 valence electrons. The smallest absolute Gasteiger partial charge is 0.151 e. The van der Waals surface area contributed by atoms with Crippen molar-refractivity contribution in [3.8, 4) is 5.69 Å². The third kappa shape index (κ3) is 2.90. The molecular weight excluding hydrogens is 284 g/mol. The van der Waals surface area contributed by atoms with Gasteiger partial charge in [0.15, 0.2) is 5.82 Å². The van der Waals surface area contributed by atoms with Crippen molar-refractivity contribution in [3.63, 3.8) is 0 Å². The molecule has 4 rings (SSSR count). The SMILES string of the molecule is c1ccc(-n2cnnc2CNC2CCCc3ccccc32)cc1. The zero-order valence-electron chi connectivity index (χ0n) is 13.0. The number of nitrogens with zero attached hydrogens (tertiary/aromatic N) is 3. The van der Waals surface area contributed by atoms with Crippen LogP contribution in [0.1, 0.15) is 35.8 Å². The Labute approximate surface area is 136 Å². The highest BCUT2D eigenvalue weighted by molar-refractivity contribution is 5.33. The minimum atomic E-state index is 0.404. The molecule has 4 nitrogen and oxygen atoms in total. The Hall–Kier alpha value is -2.46. The summed E-state index contributed by atoms with van der Waals surface area (Å²) in [6.45, 7) is 0.716. The van der Waals surface area contributed by atoms with Gasteiger partial charge in [-0.1, -0.05) is 42.5 Å². The van der Waals surface area contributed by atoms with Crippen molar-refractivity contribution >= 4 is 0 Å². The van der Waals surface area contributed by atoms with Crippen molar-refractivity contribution in [1.29, 1.82) is 0 Å². The van der Waals surface area contributed by atoms with E-state index in [-0.39, 0.29) is 0 Å². The Bertz CT molecular complexity index is 779. The highest BCUT2D eigenvalue weighted by Gasteiger charge is 2.19. The minimum Gasteiger partial charge on any atom is -0.303 e. The summed E-state index contributed by atoms with van der Waals surface area (Å²) in [7, 11) is 0.